The Morgan fingerprint density at radius 2 is 2.18 bits per heavy atom. The van der Waals surface area contributed by atoms with Gasteiger partial charge in [0.2, 0.25) is 5.91 Å². The van der Waals surface area contributed by atoms with Gasteiger partial charge in [-0.2, -0.15) is 0 Å². The zero-order valence-corrected chi connectivity index (χ0v) is 10.5. The third kappa shape index (κ3) is 3.75. The summed E-state index contributed by atoms with van der Waals surface area (Å²) >= 11 is 5.65. The van der Waals surface area contributed by atoms with E-state index in [4.69, 9.17) is 16.0 Å². The molecular formula is C12H17ClN2O2. The Balaban J connectivity index is 1.61. The smallest absolute Gasteiger partial charge is 0.223 e. The van der Waals surface area contributed by atoms with Crippen LogP contribution in [0.25, 0.3) is 0 Å². The maximum atomic E-state index is 11.7. The second-order valence-electron chi connectivity index (χ2n) is 4.22. The van der Waals surface area contributed by atoms with Gasteiger partial charge in [0.1, 0.15) is 5.76 Å². The number of nitrogens with zero attached hydrogens (tertiary/aromatic N) is 1. The van der Waals surface area contributed by atoms with Crippen LogP contribution < -0.4 is 5.32 Å². The summed E-state index contributed by atoms with van der Waals surface area (Å²) in [7, 11) is 0. The fourth-order valence-corrected chi connectivity index (χ4v) is 2.14. The van der Waals surface area contributed by atoms with Gasteiger partial charge in [-0.05, 0) is 36.6 Å². The molecule has 0 radical (unpaired) electrons. The number of carbonyl (C=O) groups is 1. The van der Waals surface area contributed by atoms with E-state index < -0.39 is 0 Å². The van der Waals surface area contributed by atoms with E-state index in [-0.39, 0.29) is 5.91 Å². The molecule has 1 aromatic heterocycles. The van der Waals surface area contributed by atoms with Gasteiger partial charge >= 0.3 is 0 Å². The second-order valence-corrected chi connectivity index (χ2v) is 4.59. The SMILES string of the molecule is O=C(CCNCc1ccc(Cl)o1)N1CCCC1. The topological polar surface area (TPSA) is 45.5 Å². The summed E-state index contributed by atoms with van der Waals surface area (Å²) in [5.74, 6) is 1.04. The number of amides is 1. The van der Waals surface area contributed by atoms with Gasteiger partial charge in [-0.1, -0.05) is 0 Å². The number of carbonyl (C=O) groups excluding carboxylic acids is 1. The lowest BCUT2D eigenvalue weighted by molar-refractivity contribution is -0.130. The van der Waals surface area contributed by atoms with Crippen molar-refractivity contribution in [3.63, 3.8) is 0 Å². The van der Waals surface area contributed by atoms with Crippen molar-refractivity contribution in [3.05, 3.63) is 23.1 Å². The van der Waals surface area contributed by atoms with Gasteiger partial charge in [-0.15, -0.1) is 0 Å². The molecule has 5 heteroatoms. The highest BCUT2D eigenvalue weighted by Gasteiger charge is 2.16. The monoisotopic (exact) mass is 256 g/mol. The van der Waals surface area contributed by atoms with Crippen LogP contribution in [0.15, 0.2) is 16.5 Å². The van der Waals surface area contributed by atoms with Gasteiger partial charge in [0.05, 0.1) is 6.54 Å². The van der Waals surface area contributed by atoms with Crippen molar-refractivity contribution in [1.82, 2.24) is 10.2 Å². The first-order valence-corrected chi connectivity index (χ1v) is 6.36. The summed E-state index contributed by atoms with van der Waals surface area (Å²) in [6.07, 6.45) is 2.84. The highest BCUT2D eigenvalue weighted by atomic mass is 35.5. The van der Waals surface area contributed by atoms with Crippen molar-refractivity contribution >= 4 is 17.5 Å². The molecular weight excluding hydrogens is 240 g/mol. The van der Waals surface area contributed by atoms with E-state index in [9.17, 15) is 4.79 Å². The maximum absolute atomic E-state index is 11.7. The zero-order valence-electron chi connectivity index (χ0n) is 9.75. The lowest BCUT2D eigenvalue weighted by Crippen LogP contribution is -2.30. The number of rotatable bonds is 5. The van der Waals surface area contributed by atoms with Crippen LogP contribution in [0, 0.1) is 0 Å². The predicted molar refractivity (Wildman–Crippen MR) is 65.9 cm³/mol. The molecule has 2 heterocycles. The van der Waals surface area contributed by atoms with Gasteiger partial charge in [-0.25, -0.2) is 0 Å². The largest absolute Gasteiger partial charge is 0.448 e. The predicted octanol–water partition coefficient (Wildman–Crippen LogP) is 2.04. The number of furan rings is 1. The molecule has 17 heavy (non-hydrogen) atoms. The van der Waals surface area contributed by atoms with Crippen LogP contribution in [-0.4, -0.2) is 30.4 Å². The molecule has 0 unspecified atom stereocenters. The van der Waals surface area contributed by atoms with Gasteiger partial charge in [-0.3, -0.25) is 4.79 Å². The molecule has 1 aliphatic heterocycles. The molecule has 0 bridgehead atoms. The summed E-state index contributed by atoms with van der Waals surface area (Å²) in [4.78, 5) is 13.6. The van der Waals surface area contributed by atoms with E-state index >= 15 is 0 Å². The highest BCUT2D eigenvalue weighted by molar-refractivity contribution is 6.28. The van der Waals surface area contributed by atoms with E-state index in [2.05, 4.69) is 5.32 Å². The Kier molecular flexibility index (Phi) is 4.45. The van der Waals surface area contributed by atoms with Crippen LogP contribution >= 0.6 is 11.6 Å². The minimum atomic E-state index is 0.243. The van der Waals surface area contributed by atoms with Crippen LogP contribution in [0.1, 0.15) is 25.0 Å². The molecule has 0 aliphatic carbocycles. The zero-order chi connectivity index (χ0) is 12.1. The molecule has 1 aliphatic rings. The number of halogens is 1. The van der Waals surface area contributed by atoms with Crippen molar-refractivity contribution in [2.45, 2.75) is 25.8 Å². The fraction of sp³-hybridized carbons (Fsp3) is 0.583. The lowest BCUT2D eigenvalue weighted by atomic mass is 10.3. The van der Waals surface area contributed by atoms with Crippen molar-refractivity contribution in [1.29, 1.82) is 0 Å². The first kappa shape index (κ1) is 12.5. The van der Waals surface area contributed by atoms with E-state index in [0.29, 0.717) is 24.7 Å². The minimum absolute atomic E-state index is 0.243. The van der Waals surface area contributed by atoms with E-state index in [1.807, 2.05) is 11.0 Å². The number of hydrogen-bond acceptors (Lipinski definition) is 3. The van der Waals surface area contributed by atoms with Gasteiger partial charge in [0.25, 0.3) is 0 Å². The van der Waals surface area contributed by atoms with Gasteiger partial charge in [0.15, 0.2) is 5.22 Å². The van der Waals surface area contributed by atoms with Crippen LogP contribution in [-0.2, 0) is 11.3 Å². The lowest BCUT2D eigenvalue weighted by Gasteiger charge is -2.14. The minimum Gasteiger partial charge on any atom is -0.448 e. The summed E-state index contributed by atoms with van der Waals surface area (Å²) in [6, 6.07) is 3.55. The summed E-state index contributed by atoms with van der Waals surface area (Å²) in [5.41, 5.74) is 0. The van der Waals surface area contributed by atoms with Gasteiger partial charge in [0, 0.05) is 26.1 Å². The van der Waals surface area contributed by atoms with Gasteiger partial charge < -0.3 is 14.6 Å². The Morgan fingerprint density at radius 3 is 2.82 bits per heavy atom. The summed E-state index contributed by atoms with van der Waals surface area (Å²) < 4.78 is 5.20. The van der Waals surface area contributed by atoms with Crippen LogP contribution in [0.5, 0.6) is 0 Å². The second kappa shape index (κ2) is 6.07. The first-order valence-electron chi connectivity index (χ1n) is 5.98. The average molecular weight is 257 g/mol. The van der Waals surface area contributed by atoms with Crippen LogP contribution in [0.3, 0.4) is 0 Å². The van der Waals surface area contributed by atoms with Crippen LogP contribution in [0.2, 0.25) is 5.22 Å². The van der Waals surface area contributed by atoms with E-state index in [1.54, 1.807) is 6.07 Å². The Hall–Kier alpha value is -1.00. The molecule has 4 nitrogen and oxygen atoms in total. The number of hydrogen-bond donors (Lipinski definition) is 1. The molecule has 1 N–H and O–H groups in total. The highest BCUT2D eigenvalue weighted by Crippen LogP contribution is 2.12. The molecule has 0 atom stereocenters. The quantitative estimate of drug-likeness (QED) is 0.820. The van der Waals surface area contributed by atoms with E-state index in [1.165, 1.54) is 0 Å². The number of nitrogens with one attached hydrogen (secondary N) is 1. The third-order valence-electron chi connectivity index (χ3n) is 2.90. The summed E-state index contributed by atoms with van der Waals surface area (Å²) in [5, 5.41) is 3.57. The molecule has 0 saturated carbocycles. The maximum Gasteiger partial charge on any atom is 0.223 e. The molecule has 1 amide bonds. The van der Waals surface area contributed by atoms with Crippen molar-refractivity contribution in [2.75, 3.05) is 19.6 Å². The third-order valence-corrected chi connectivity index (χ3v) is 3.11. The number of likely N-dealkylation sites (tertiary alicyclic amines) is 1. The Bertz CT molecular complexity index is 372. The first-order chi connectivity index (χ1) is 8.25. The molecule has 0 aromatic carbocycles. The van der Waals surface area contributed by atoms with Crippen molar-refractivity contribution in [3.8, 4) is 0 Å². The molecule has 1 aromatic rings. The Labute approximate surface area is 106 Å². The molecule has 94 valence electrons. The molecule has 2 rings (SSSR count). The normalized spacial score (nSPS) is 15.5. The van der Waals surface area contributed by atoms with Crippen molar-refractivity contribution in [2.24, 2.45) is 0 Å². The molecule has 1 saturated heterocycles. The molecule has 1 fully saturated rings. The molecule has 0 spiro atoms. The fourth-order valence-electron chi connectivity index (χ4n) is 1.98. The standard InChI is InChI=1S/C12H17ClN2O2/c13-11-4-3-10(17-11)9-14-6-5-12(16)15-7-1-2-8-15/h3-4,14H,1-2,5-9H2. The average Bonchev–Trinajstić information content (AvgIpc) is 2.95. The van der Waals surface area contributed by atoms with Crippen molar-refractivity contribution < 1.29 is 9.21 Å². The summed E-state index contributed by atoms with van der Waals surface area (Å²) in [6.45, 7) is 3.13. The Morgan fingerprint density at radius 1 is 1.41 bits per heavy atom. The van der Waals surface area contributed by atoms with E-state index in [0.717, 1.165) is 31.7 Å². The van der Waals surface area contributed by atoms with Crippen LogP contribution in [0.4, 0.5) is 0 Å².